The molecule has 0 aliphatic carbocycles. The smallest absolute Gasteiger partial charge is 0.408 e. The molecule has 0 radical (unpaired) electrons. The van der Waals surface area contributed by atoms with Crippen molar-refractivity contribution in [3.05, 3.63) is 53.7 Å². The Kier molecular flexibility index (Phi) is 5.44. The van der Waals surface area contributed by atoms with Crippen molar-refractivity contribution in [3.8, 4) is 39.0 Å². The van der Waals surface area contributed by atoms with E-state index in [1.54, 1.807) is 18.2 Å². The number of halogens is 3. The maximum Gasteiger partial charge on any atom is 0.408 e. The molecule has 0 unspecified atom stereocenters. The van der Waals surface area contributed by atoms with Crippen LogP contribution >= 0.6 is 11.3 Å². The Hall–Kier alpha value is -3.25. The minimum atomic E-state index is -4.43. The third-order valence-corrected chi connectivity index (χ3v) is 7.47. The first-order valence-electron chi connectivity index (χ1n) is 10.1. The minimum Gasteiger partial charge on any atom is -0.492 e. The van der Waals surface area contributed by atoms with Gasteiger partial charge in [-0.25, -0.2) is 23.1 Å². The monoisotopic (exact) mass is 506 g/mol. The van der Waals surface area contributed by atoms with Crippen LogP contribution in [0, 0.1) is 0 Å². The van der Waals surface area contributed by atoms with E-state index in [4.69, 9.17) is 4.74 Å². The number of aromatic nitrogens is 4. The van der Waals surface area contributed by atoms with Crippen LogP contribution in [-0.4, -0.2) is 47.2 Å². The molecule has 176 valence electrons. The topological polar surface area (TPSA) is 87.0 Å². The second kappa shape index (κ2) is 8.20. The van der Waals surface area contributed by atoms with Crippen LogP contribution in [0.2, 0.25) is 0 Å². The van der Waals surface area contributed by atoms with Crippen LogP contribution < -0.4 is 4.74 Å². The lowest BCUT2D eigenvalue weighted by molar-refractivity contribution is -0.142. The summed E-state index contributed by atoms with van der Waals surface area (Å²) in [6.45, 7) is -0.883. The van der Waals surface area contributed by atoms with Gasteiger partial charge in [0.2, 0.25) is 0 Å². The number of hydrogen-bond acceptors (Lipinski definition) is 7. The molecule has 5 rings (SSSR count). The fourth-order valence-electron chi connectivity index (χ4n) is 3.72. The van der Waals surface area contributed by atoms with E-state index in [0.29, 0.717) is 35.0 Å². The van der Waals surface area contributed by atoms with Gasteiger partial charge in [0, 0.05) is 23.1 Å². The van der Waals surface area contributed by atoms with Crippen molar-refractivity contribution in [3.63, 3.8) is 0 Å². The molecule has 2 aromatic carbocycles. The first-order valence-corrected chi connectivity index (χ1v) is 12.8. The lowest BCUT2D eigenvalue weighted by Gasteiger charge is -2.11. The van der Waals surface area contributed by atoms with Crippen LogP contribution in [0.5, 0.6) is 5.75 Å². The lowest BCUT2D eigenvalue weighted by Crippen LogP contribution is -2.19. The van der Waals surface area contributed by atoms with Gasteiger partial charge in [-0.15, -0.1) is 11.3 Å². The average Bonchev–Trinajstić information content (AvgIpc) is 3.35. The van der Waals surface area contributed by atoms with Gasteiger partial charge in [0.25, 0.3) is 0 Å². The van der Waals surface area contributed by atoms with Gasteiger partial charge in [0.15, 0.2) is 20.7 Å². The van der Waals surface area contributed by atoms with E-state index in [9.17, 15) is 21.6 Å². The van der Waals surface area contributed by atoms with Crippen LogP contribution in [0.4, 0.5) is 13.2 Å². The Morgan fingerprint density at radius 1 is 1.15 bits per heavy atom. The molecule has 12 heteroatoms. The van der Waals surface area contributed by atoms with Crippen molar-refractivity contribution in [2.45, 2.75) is 24.0 Å². The van der Waals surface area contributed by atoms with Crippen LogP contribution in [0.15, 0.2) is 53.7 Å². The predicted molar refractivity (Wildman–Crippen MR) is 120 cm³/mol. The molecular formula is C22H17F3N4O3S2. The van der Waals surface area contributed by atoms with Gasteiger partial charge in [0.05, 0.1) is 17.2 Å². The Bertz CT molecular complexity index is 1490. The standard InChI is InChI=1S/C22H17F3N4O3S2/c1-34(30,31)15-4-2-3-13(9-15)14-5-6-16-17(10-14)32-8-7-18-19(16)28-21(33-18)20-26-12-27-29(20)11-22(23,24)25/h2-6,9-10,12H,7-8,11H2,1H3. The lowest BCUT2D eigenvalue weighted by atomic mass is 10.0. The molecule has 2 aromatic heterocycles. The number of hydrogen-bond donors (Lipinski definition) is 0. The van der Waals surface area contributed by atoms with Gasteiger partial charge in [-0.2, -0.15) is 18.3 Å². The van der Waals surface area contributed by atoms with Crippen molar-refractivity contribution in [1.29, 1.82) is 0 Å². The Balaban J connectivity index is 1.54. The van der Waals surface area contributed by atoms with Crippen molar-refractivity contribution in [2.75, 3.05) is 12.9 Å². The maximum atomic E-state index is 12.9. The second-order valence-corrected chi connectivity index (χ2v) is 10.9. The SMILES string of the molecule is CS(=O)(=O)c1cccc(-c2ccc3c(c2)OCCc2sc(-c4ncnn4CC(F)(F)F)nc2-3)c1. The summed E-state index contributed by atoms with van der Waals surface area (Å²) in [5.74, 6) is 0.627. The van der Waals surface area contributed by atoms with Crippen LogP contribution in [-0.2, 0) is 22.8 Å². The second-order valence-electron chi connectivity index (χ2n) is 7.76. The Morgan fingerprint density at radius 3 is 2.71 bits per heavy atom. The molecule has 34 heavy (non-hydrogen) atoms. The minimum absolute atomic E-state index is 0.0621. The normalized spacial score (nSPS) is 13.6. The zero-order valence-electron chi connectivity index (χ0n) is 17.7. The Labute approximate surface area is 196 Å². The summed E-state index contributed by atoms with van der Waals surface area (Å²) in [6.07, 6.45) is -1.65. The van der Waals surface area contributed by atoms with Crippen molar-refractivity contribution in [2.24, 2.45) is 0 Å². The van der Waals surface area contributed by atoms with Gasteiger partial charge in [-0.3, -0.25) is 0 Å². The fraction of sp³-hybridized carbons (Fsp3) is 0.227. The molecule has 0 atom stereocenters. The first-order chi connectivity index (χ1) is 16.1. The highest BCUT2D eigenvalue weighted by Crippen LogP contribution is 2.41. The van der Waals surface area contributed by atoms with Gasteiger partial charge in [0.1, 0.15) is 18.6 Å². The summed E-state index contributed by atoms with van der Waals surface area (Å²) in [5.41, 5.74) is 2.83. The van der Waals surface area contributed by atoms with Crippen LogP contribution in [0.3, 0.4) is 0 Å². The molecule has 4 aromatic rings. The van der Waals surface area contributed by atoms with Crippen molar-refractivity contribution in [1.82, 2.24) is 19.7 Å². The number of alkyl halides is 3. The summed E-state index contributed by atoms with van der Waals surface area (Å²) >= 11 is 1.27. The van der Waals surface area contributed by atoms with Gasteiger partial charge >= 0.3 is 6.18 Å². The number of rotatable bonds is 4. The molecule has 0 spiro atoms. The summed E-state index contributed by atoms with van der Waals surface area (Å²) in [5, 5.41) is 4.05. The highest BCUT2D eigenvalue weighted by atomic mass is 32.2. The fourth-order valence-corrected chi connectivity index (χ4v) is 5.44. The summed E-state index contributed by atoms with van der Waals surface area (Å²) in [7, 11) is -3.35. The molecule has 1 aliphatic heterocycles. The summed E-state index contributed by atoms with van der Waals surface area (Å²) < 4.78 is 69.3. The van der Waals surface area contributed by atoms with E-state index in [2.05, 4.69) is 15.1 Å². The summed E-state index contributed by atoms with van der Waals surface area (Å²) in [6, 6.07) is 12.1. The molecule has 0 amide bonds. The van der Waals surface area contributed by atoms with E-state index in [0.717, 1.165) is 33.3 Å². The molecule has 0 bridgehead atoms. The van der Waals surface area contributed by atoms with E-state index in [-0.39, 0.29) is 10.7 Å². The highest BCUT2D eigenvalue weighted by molar-refractivity contribution is 7.90. The number of ether oxygens (including phenoxy) is 1. The average molecular weight is 507 g/mol. The number of benzene rings is 2. The van der Waals surface area contributed by atoms with Crippen LogP contribution in [0.25, 0.3) is 33.2 Å². The van der Waals surface area contributed by atoms with Gasteiger partial charge in [-0.05, 0) is 35.4 Å². The number of fused-ring (bicyclic) bond motifs is 3. The molecule has 0 saturated carbocycles. The molecule has 0 fully saturated rings. The highest BCUT2D eigenvalue weighted by Gasteiger charge is 2.31. The molecule has 0 saturated heterocycles. The number of sulfone groups is 1. The summed E-state index contributed by atoms with van der Waals surface area (Å²) in [4.78, 5) is 9.69. The van der Waals surface area contributed by atoms with Crippen molar-refractivity contribution >= 4 is 21.2 Å². The zero-order valence-corrected chi connectivity index (χ0v) is 19.3. The molecular weight excluding hydrogens is 489 g/mol. The van der Waals surface area contributed by atoms with E-state index in [1.807, 2.05) is 24.3 Å². The predicted octanol–water partition coefficient (Wildman–Crippen LogP) is 4.64. The van der Waals surface area contributed by atoms with Crippen LogP contribution in [0.1, 0.15) is 4.88 Å². The third kappa shape index (κ3) is 4.42. The van der Waals surface area contributed by atoms with Gasteiger partial charge in [-0.1, -0.05) is 18.2 Å². The Morgan fingerprint density at radius 2 is 1.94 bits per heavy atom. The third-order valence-electron chi connectivity index (χ3n) is 5.25. The van der Waals surface area contributed by atoms with Gasteiger partial charge < -0.3 is 4.74 Å². The largest absolute Gasteiger partial charge is 0.492 e. The van der Waals surface area contributed by atoms with E-state index < -0.39 is 22.6 Å². The molecule has 3 heterocycles. The molecule has 0 N–H and O–H groups in total. The maximum absolute atomic E-state index is 12.9. The zero-order chi connectivity index (χ0) is 24.1. The van der Waals surface area contributed by atoms with E-state index in [1.165, 1.54) is 11.3 Å². The molecule has 7 nitrogen and oxygen atoms in total. The van der Waals surface area contributed by atoms with Crippen molar-refractivity contribution < 1.29 is 26.3 Å². The number of thiazole rings is 1. The molecule has 1 aliphatic rings. The number of nitrogens with zero attached hydrogens (tertiary/aromatic N) is 4. The quantitative estimate of drug-likeness (QED) is 0.401. The first kappa shape index (κ1) is 22.5. The van der Waals surface area contributed by atoms with E-state index >= 15 is 0 Å².